The van der Waals surface area contributed by atoms with E-state index in [4.69, 9.17) is 53.9 Å². The third kappa shape index (κ3) is 13.2. The summed E-state index contributed by atoms with van der Waals surface area (Å²) in [7, 11) is 11.6. The Labute approximate surface area is 672 Å². The van der Waals surface area contributed by atoms with Gasteiger partial charge in [-0.1, -0.05) is 113 Å². The van der Waals surface area contributed by atoms with Gasteiger partial charge < -0.3 is 33.3 Å². The Balaban J connectivity index is 0.000000147. The van der Waals surface area contributed by atoms with E-state index < -0.39 is 17.4 Å². The van der Waals surface area contributed by atoms with E-state index in [0.29, 0.717) is 87.3 Å². The summed E-state index contributed by atoms with van der Waals surface area (Å²) in [6, 6.07) is 0.580. The molecule has 7 fully saturated rings. The Bertz CT molecular complexity index is 4620. The van der Waals surface area contributed by atoms with Crippen LogP contribution in [0.5, 0.6) is 0 Å². The molecule has 3 saturated heterocycles. The van der Waals surface area contributed by atoms with Gasteiger partial charge in [-0.3, -0.25) is 33.4 Å². The van der Waals surface area contributed by atoms with Gasteiger partial charge >= 0.3 is 0 Å². The summed E-state index contributed by atoms with van der Waals surface area (Å²) in [6.07, 6.45) is 21.9. The second-order valence-corrected chi connectivity index (χ2v) is 37.5. The number of rotatable bonds is 7. The van der Waals surface area contributed by atoms with E-state index in [-0.39, 0.29) is 85.0 Å². The van der Waals surface area contributed by atoms with E-state index in [9.17, 15) is 9.59 Å². The molecule has 624 valence electrons. The molecule has 0 bridgehead atoms. The van der Waals surface area contributed by atoms with E-state index in [0.717, 1.165) is 148 Å². The number of nitrogens with one attached hydrogen (secondary N) is 1. The highest BCUT2D eigenvalue weighted by Crippen LogP contribution is 2.67. The van der Waals surface area contributed by atoms with Crippen LogP contribution in [0.3, 0.4) is 0 Å². The predicted molar refractivity (Wildman–Crippen MR) is 438 cm³/mol. The van der Waals surface area contributed by atoms with E-state index in [1.165, 1.54) is 28.1 Å². The lowest BCUT2D eigenvalue weighted by Gasteiger charge is -2.59. The number of H-pyrrole nitrogens is 1. The van der Waals surface area contributed by atoms with Crippen molar-refractivity contribution in [3.63, 3.8) is 0 Å². The first-order valence-corrected chi connectivity index (χ1v) is 40.4. The highest BCUT2D eigenvalue weighted by molar-refractivity contribution is 5.99. The van der Waals surface area contributed by atoms with Gasteiger partial charge in [-0.2, -0.15) is 30.5 Å². The van der Waals surface area contributed by atoms with Crippen molar-refractivity contribution in [1.29, 1.82) is 0 Å². The largest absolute Gasteiger partial charge is 0.369 e. The zero-order valence-corrected chi connectivity index (χ0v) is 69.1. The topological polar surface area (TPSA) is 279 Å². The fraction of sp³-hybridized carbons (Fsp3) is 0.756. The SMILES string of the molecule is C.C.C.C.CC(C)n1cnc(-c2c3c(nn2C)[C@@]2(C)CCC(=O)C(C)(C)[C@@H]2CC3)n1.CC(C)n1cnc(-c2c3c(nn2C)[C@@]2(C)CCC4(OCCO4)C(C)(C)[C@@H]2CC3)n1.CN(C)C=NC(=O)c1c2c(nn1C)[C@@]1(C)CCC3(OCCO3)C(C)(C)[C@@H]1CC2.Cn1nc2c(c1-c1ncn[nH]1)CC[C@H]1C(C)(C)C3(CC[C@]21C)OCCO3. The number of hydrogen-bond acceptors (Lipinski definition) is 18. The molecule has 113 heavy (non-hydrogen) atoms. The number of ether oxygens (including phenoxy) is 6. The summed E-state index contributed by atoms with van der Waals surface area (Å²) < 4.78 is 48.7. The molecule has 1 amide bonds. The number of aromatic nitrogens is 17. The summed E-state index contributed by atoms with van der Waals surface area (Å²) >= 11 is 0. The Hall–Kier alpha value is -7.17. The quantitative estimate of drug-likeness (QED) is 0.115. The minimum absolute atomic E-state index is 0. The van der Waals surface area contributed by atoms with Crippen molar-refractivity contribution in [2.45, 2.75) is 294 Å². The first kappa shape index (κ1) is 86.7. The van der Waals surface area contributed by atoms with Crippen LogP contribution in [0.2, 0.25) is 0 Å². The zero-order chi connectivity index (χ0) is 77.9. The molecule has 3 spiro atoms. The molecule has 0 unspecified atom stereocenters. The second-order valence-electron chi connectivity index (χ2n) is 37.5. The number of carbonyl (C=O) groups is 2. The zero-order valence-electron chi connectivity index (χ0n) is 69.1. The van der Waals surface area contributed by atoms with Crippen molar-refractivity contribution in [1.82, 2.24) is 88.7 Å². The number of carbonyl (C=O) groups excluding carboxylic acids is 2. The lowest BCUT2D eigenvalue weighted by atomic mass is 9.49. The maximum Gasteiger partial charge on any atom is 0.296 e. The van der Waals surface area contributed by atoms with E-state index in [1.54, 1.807) is 28.6 Å². The third-order valence-corrected chi connectivity index (χ3v) is 29.5. The number of nitrogens with zero attached hydrogens (tertiary/aromatic N) is 18. The van der Waals surface area contributed by atoms with Crippen LogP contribution in [0, 0.1) is 45.3 Å². The normalized spacial score (nSPS) is 28.9. The minimum atomic E-state index is -0.488. The Morgan fingerprint density at radius 3 is 1.18 bits per heavy atom. The molecule has 7 aromatic rings. The van der Waals surface area contributed by atoms with Gasteiger partial charge in [-0.25, -0.2) is 24.3 Å². The van der Waals surface area contributed by atoms with Crippen LogP contribution in [0.15, 0.2) is 24.0 Å². The van der Waals surface area contributed by atoms with Crippen molar-refractivity contribution in [2.24, 2.45) is 78.5 Å². The molecular formula is C86H137N19O8. The smallest absolute Gasteiger partial charge is 0.296 e. The van der Waals surface area contributed by atoms with Crippen molar-refractivity contribution in [3.8, 4) is 34.6 Å². The molecule has 8 atom stereocenters. The predicted octanol–water partition coefficient (Wildman–Crippen LogP) is 14.8. The van der Waals surface area contributed by atoms with Crippen molar-refractivity contribution < 1.29 is 38.0 Å². The second kappa shape index (κ2) is 30.4. The molecule has 8 aliphatic carbocycles. The highest BCUT2D eigenvalue weighted by Gasteiger charge is 2.68. The van der Waals surface area contributed by atoms with Crippen molar-refractivity contribution in [3.05, 3.63) is 69.7 Å². The standard InChI is InChI=1S/C22H33N5O2.C21H32N4O3.C20H29N5O.C19H27N5O2.4CH4/c1-14(2)27-13-23-19(25-27)17-15-7-8-16-20(3,4)22(28-11-12-29-22)10-9-21(16,5)18(15)24-26(17)6;1-19(2)15-8-7-14-16(18(26)22-13-24(4)5)25(6)23-17(14)20(15,3)9-10-21(19)27-11-12-28-21;1-12(2)25-11-21-18(23-25)16-13-7-8-14-19(3,4)15(26)9-10-20(14,5)17(13)22-24(16)6;1-17(2)13-6-5-12-14(16-20-11-21-22-16)24(4)23-15(12)18(13,3)7-8-19(17)25-9-10-26-19;;;;/h13-14,16H,7-12H2,1-6H3;13,15H,7-12H2,1-6H3;11-12,14H,7-10H2,1-6H3;11,13H,5-10H2,1-4H3,(H,20,21,22);4*1H4/t16-,21-;15-,20-;14-,20-;13-,18-;;;;/m0000..../s1. The van der Waals surface area contributed by atoms with Gasteiger partial charge in [0.15, 0.2) is 34.8 Å². The number of hydrogen-bond donors (Lipinski definition) is 1. The summed E-state index contributed by atoms with van der Waals surface area (Å²) in [6.45, 7) is 40.1. The highest BCUT2D eigenvalue weighted by atomic mass is 16.7. The van der Waals surface area contributed by atoms with Crippen molar-refractivity contribution >= 4 is 18.0 Å². The van der Waals surface area contributed by atoms with Crippen LogP contribution in [0.4, 0.5) is 0 Å². The van der Waals surface area contributed by atoms with Crippen LogP contribution in [0.1, 0.15) is 285 Å². The van der Waals surface area contributed by atoms with E-state index in [2.05, 4.69) is 146 Å². The minimum Gasteiger partial charge on any atom is -0.369 e. The van der Waals surface area contributed by atoms with Crippen molar-refractivity contribution in [2.75, 3.05) is 53.7 Å². The Morgan fingerprint density at radius 1 is 0.469 bits per heavy atom. The molecule has 7 aromatic heterocycles. The summed E-state index contributed by atoms with van der Waals surface area (Å²) in [4.78, 5) is 44.7. The average Bonchev–Trinajstić information content (AvgIpc) is 1.68. The molecule has 27 nitrogen and oxygen atoms in total. The van der Waals surface area contributed by atoms with E-state index in [1.807, 2.05) is 72.0 Å². The van der Waals surface area contributed by atoms with Gasteiger partial charge in [0.2, 0.25) is 0 Å². The first-order valence-electron chi connectivity index (χ1n) is 40.4. The number of aryl methyl sites for hydroxylation is 4. The monoisotopic (exact) mass is 1560 g/mol. The number of ketones is 1. The molecule has 0 aromatic carbocycles. The van der Waals surface area contributed by atoms with Gasteiger partial charge in [0.05, 0.1) is 68.8 Å². The number of aliphatic imine (C=N–C) groups is 1. The summed E-state index contributed by atoms with van der Waals surface area (Å²) in [5.74, 6) is 2.80. The van der Waals surface area contributed by atoms with Gasteiger partial charge in [0, 0.05) is 146 Å². The lowest BCUT2D eigenvalue weighted by molar-refractivity contribution is -0.276. The molecule has 18 rings (SSSR count). The molecule has 1 N–H and O–H groups in total. The molecular weight excluding hydrogens is 1430 g/mol. The maximum atomic E-state index is 12.8. The number of amides is 1. The number of aromatic amines is 1. The third-order valence-electron chi connectivity index (χ3n) is 29.5. The summed E-state index contributed by atoms with van der Waals surface area (Å²) in [5.41, 5.74) is 12.8. The Kier molecular flexibility index (Phi) is 23.3. The first-order chi connectivity index (χ1) is 51.4. The molecule has 4 saturated carbocycles. The fourth-order valence-corrected chi connectivity index (χ4v) is 23.7. The van der Waals surface area contributed by atoms with Gasteiger partial charge in [0.1, 0.15) is 47.5 Å². The Morgan fingerprint density at radius 2 is 0.814 bits per heavy atom. The molecule has 27 heteroatoms. The maximum absolute atomic E-state index is 12.8. The molecule has 11 aliphatic rings. The summed E-state index contributed by atoms with van der Waals surface area (Å²) in [5, 5.41) is 36.3. The van der Waals surface area contributed by atoms with Crippen LogP contribution in [0.25, 0.3) is 34.6 Å². The molecule has 3 aliphatic heterocycles. The fourth-order valence-electron chi connectivity index (χ4n) is 23.7. The lowest BCUT2D eigenvalue weighted by Crippen LogP contribution is -2.61. The average molecular weight is 1570 g/mol. The van der Waals surface area contributed by atoms with Gasteiger partial charge in [-0.05, 0) is 128 Å². The van der Waals surface area contributed by atoms with Crippen LogP contribution in [-0.2, 0) is 109 Å². The van der Waals surface area contributed by atoms with Crippen LogP contribution in [-0.4, -0.2) is 178 Å². The number of fused-ring (bicyclic) bond motifs is 12. The van der Waals surface area contributed by atoms with E-state index >= 15 is 0 Å². The van der Waals surface area contributed by atoms with Gasteiger partial charge in [-0.15, -0.1) is 10.2 Å². The molecule has 0 radical (unpaired) electrons. The van der Waals surface area contributed by atoms with Crippen LogP contribution >= 0.6 is 0 Å². The van der Waals surface area contributed by atoms with Gasteiger partial charge in [0.25, 0.3) is 5.91 Å². The molecule has 10 heterocycles. The number of Topliss-reactive ketones (excluding diaryl/α,β-unsaturated/α-hetero) is 1. The van der Waals surface area contributed by atoms with Crippen LogP contribution < -0.4 is 0 Å².